The molecule has 2 aromatic rings. The Kier molecular flexibility index (Phi) is 8.47. The molecule has 0 aromatic heterocycles. The van der Waals surface area contributed by atoms with Crippen molar-refractivity contribution in [1.82, 2.24) is 0 Å². The average molecular weight is 488 g/mol. The lowest BCUT2D eigenvalue weighted by Crippen LogP contribution is -2.21. The molecule has 0 radical (unpaired) electrons. The van der Waals surface area contributed by atoms with Crippen LogP contribution in [0.5, 0.6) is 23.0 Å². The van der Waals surface area contributed by atoms with Crippen LogP contribution >= 0.6 is 15.6 Å². The van der Waals surface area contributed by atoms with Crippen molar-refractivity contribution in [2.75, 3.05) is 14.2 Å². The molecule has 0 bridgehead atoms. The Morgan fingerprint density at radius 3 is 1.94 bits per heavy atom. The molecule has 0 amide bonds. The Hall–Kier alpha value is -2.40. The number of phosphoric acid groups is 2. The van der Waals surface area contributed by atoms with Gasteiger partial charge in [0.2, 0.25) is 5.75 Å². The average Bonchev–Trinajstić information content (AvgIpc) is 2.71. The predicted molar refractivity (Wildman–Crippen MR) is 103 cm³/mol. The second kappa shape index (κ2) is 10.5. The van der Waals surface area contributed by atoms with Crippen molar-refractivity contribution >= 4 is 27.8 Å². The van der Waals surface area contributed by atoms with Gasteiger partial charge in [-0.05, 0) is 35.4 Å². The van der Waals surface area contributed by atoms with Crippen LogP contribution in [-0.2, 0) is 22.3 Å². The molecule has 2 aromatic carbocycles. The fourth-order valence-electron chi connectivity index (χ4n) is 2.77. The van der Waals surface area contributed by atoms with Gasteiger partial charge in [0.05, 0.1) is 27.4 Å². The molecule has 0 aliphatic heterocycles. The number of hydrogen-bond acceptors (Lipinski definition) is 12. The summed E-state index contributed by atoms with van der Waals surface area (Å²) >= 11 is 0. The SMILES string of the molecule is COc1cc(/C=C\c2ccc(OC)c(OP(=O)([O-])[O-])c2OP(=O)([O-])[O-])cc(CO)c1CO. The number of phosphoric ester groups is 2. The Morgan fingerprint density at radius 2 is 1.44 bits per heavy atom. The van der Waals surface area contributed by atoms with Crippen molar-refractivity contribution in [2.24, 2.45) is 0 Å². The Morgan fingerprint density at radius 1 is 0.844 bits per heavy atom. The van der Waals surface area contributed by atoms with Gasteiger partial charge in [0.15, 0.2) is 11.5 Å². The van der Waals surface area contributed by atoms with Crippen LogP contribution in [0.25, 0.3) is 12.2 Å². The Bertz CT molecular complexity index is 1060. The van der Waals surface area contributed by atoms with Crippen molar-refractivity contribution in [3.63, 3.8) is 0 Å². The van der Waals surface area contributed by atoms with E-state index in [0.29, 0.717) is 16.7 Å². The first-order chi connectivity index (χ1) is 14.9. The van der Waals surface area contributed by atoms with Crippen LogP contribution in [0.3, 0.4) is 0 Å². The van der Waals surface area contributed by atoms with Gasteiger partial charge in [-0.15, -0.1) is 0 Å². The number of methoxy groups -OCH3 is 2. The van der Waals surface area contributed by atoms with Crippen molar-refractivity contribution in [3.05, 3.63) is 46.5 Å². The van der Waals surface area contributed by atoms with Crippen LogP contribution in [0.4, 0.5) is 0 Å². The fourth-order valence-corrected chi connectivity index (χ4v) is 3.58. The molecule has 0 spiro atoms. The third-order valence-electron chi connectivity index (χ3n) is 4.06. The number of aliphatic hydroxyl groups is 2. The fraction of sp³-hybridized carbons (Fsp3) is 0.222. The highest BCUT2D eigenvalue weighted by Gasteiger charge is 2.19. The van der Waals surface area contributed by atoms with Gasteiger partial charge >= 0.3 is 0 Å². The molecule has 0 atom stereocenters. The summed E-state index contributed by atoms with van der Waals surface area (Å²) in [5.74, 6) is -1.91. The van der Waals surface area contributed by atoms with Gasteiger partial charge in [0, 0.05) is 11.1 Å². The van der Waals surface area contributed by atoms with Gasteiger partial charge in [-0.1, -0.05) is 12.2 Å². The highest BCUT2D eigenvalue weighted by Crippen LogP contribution is 2.49. The lowest BCUT2D eigenvalue weighted by molar-refractivity contribution is -0.337. The van der Waals surface area contributed by atoms with Crippen LogP contribution in [0, 0.1) is 0 Å². The van der Waals surface area contributed by atoms with E-state index in [1.165, 1.54) is 37.5 Å². The van der Waals surface area contributed by atoms with Crippen LogP contribution in [0.15, 0.2) is 24.3 Å². The molecule has 0 unspecified atom stereocenters. The predicted octanol–water partition coefficient (Wildman–Crippen LogP) is -0.726. The summed E-state index contributed by atoms with van der Waals surface area (Å²) in [6.45, 7) is -0.812. The van der Waals surface area contributed by atoms with E-state index in [4.69, 9.17) is 9.47 Å². The minimum Gasteiger partial charge on any atom is -0.780 e. The van der Waals surface area contributed by atoms with Gasteiger partial charge in [-0.3, -0.25) is 0 Å². The zero-order valence-corrected chi connectivity index (χ0v) is 18.5. The maximum atomic E-state index is 11.2. The second-order valence-corrected chi connectivity index (χ2v) is 8.26. The molecule has 2 N–H and O–H groups in total. The molecular formula is C18H18O12P2-4. The van der Waals surface area contributed by atoms with Crippen molar-refractivity contribution in [2.45, 2.75) is 13.2 Å². The monoisotopic (exact) mass is 488 g/mol. The van der Waals surface area contributed by atoms with E-state index in [1.807, 2.05) is 0 Å². The normalized spacial score (nSPS) is 12.1. The molecule has 0 saturated carbocycles. The first-order valence-electron chi connectivity index (χ1n) is 8.66. The van der Waals surface area contributed by atoms with Gasteiger partial charge in [0.1, 0.15) is 21.4 Å². The minimum atomic E-state index is -5.71. The maximum Gasteiger partial charge on any atom is 0.208 e. The molecule has 2 rings (SSSR count). The van der Waals surface area contributed by atoms with E-state index in [1.54, 1.807) is 0 Å². The van der Waals surface area contributed by atoms with E-state index >= 15 is 0 Å². The van der Waals surface area contributed by atoms with Gasteiger partial charge < -0.3 is 57.4 Å². The third kappa shape index (κ3) is 6.80. The van der Waals surface area contributed by atoms with Gasteiger partial charge in [0.25, 0.3) is 0 Å². The first-order valence-corrected chi connectivity index (χ1v) is 11.6. The first kappa shape index (κ1) is 25.9. The summed E-state index contributed by atoms with van der Waals surface area (Å²) in [5, 5.41) is 19.0. The zero-order chi connectivity index (χ0) is 24.1. The summed E-state index contributed by atoms with van der Waals surface area (Å²) in [7, 11) is -8.97. The van der Waals surface area contributed by atoms with Crippen LogP contribution in [0.2, 0.25) is 0 Å². The van der Waals surface area contributed by atoms with E-state index in [9.17, 15) is 38.9 Å². The quantitative estimate of drug-likeness (QED) is 0.314. The molecule has 0 saturated heterocycles. The summed E-state index contributed by atoms with van der Waals surface area (Å²) in [6, 6.07) is 5.38. The summed E-state index contributed by atoms with van der Waals surface area (Å²) in [4.78, 5) is 44.7. The van der Waals surface area contributed by atoms with E-state index in [2.05, 4.69) is 9.05 Å². The molecule has 176 valence electrons. The van der Waals surface area contributed by atoms with Crippen LogP contribution in [-0.4, -0.2) is 24.4 Å². The summed E-state index contributed by atoms with van der Waals surface area (Å²) in [5.41, 5.74) is 0.968. The lowest BCUT2D eigenvalue weighted by Gasteiger charge is -2.34. The topological polar surface area (TPSA) is 204 Å². The number of rotatable bonds is 10. The van der Waals surface area contributed by atoms with E-state index < -0.39 is 40.4 Å². The van der Waals surface area contributed by atoms with E-state index in [0.717, 1.165) is 13.2 Å². The zero-order valence-electron chi connectivity index (χ0n) is 16.7. The summed E-state index contributed by atoms with van der Waals surface area (Å²) in [6.07, 6.45) is 2.61. The number of benzene rings is 2. The summed E-state index contributed by atoms with van der Waals surface area (Å²) < 4.78 is 41.0. The molecule has 14 heteroatoms. The van der Waals surface area contributed by atoms with Crippen molar-refractivity contribution < 1.29 is 57.4 Å². The highest BCUT2D eigenvalue weighted by atomic mass is 31.2. The van der Waals surface area contributed by atoms with Gasteiger partial charge in [-0.2, -0.15) is 0 Å². The number of hydrogen-bond donors (Lipinski definition) is 2. The van der Waals surface area contributed by atoms with Crippen LogP contribution in [0.1, 0.15) is 22.3 Å². The number of aliphatic hydroxyl groups excluding tert-OH is 2. The molecule has 12 nitrogen and oxygen atoms in total. The van der Waals surface area contributed by atoms with Crippen LogP contribution < -0.4 is 38.1 Å². The molecule has 32 heavy (non-hydrogen) atoms. The third-order valence-corrected chi connectivity index (χ3v) is 4.87. The Labute approximate surface area is 182 Å². The second-order valence-electron chi connectivity index (χ2n) is 6.10. The smallest absolute Gasteiger partial charge is 0.208 e. The standard InChI is InChI=1S/C18H22O12P2/c1-27-15-6-5-12(17(29-31(21,22)23)18(15)30-32(24,25)26)4-3-11-7-13(9-19)14(10-20)16(8-11)28-2/h3-8,19-20H,9-10H2,1-2H3,(H2,21,22,23)(H2,24,25,26)/p-4/b4-3-. The lowest BCUT2D eigenvalue weighted by atomic mass is 10.0. The molecule has 0 aliphatic carbocycles. The number of ether oxygens (including phenoxy) is 2. The minimum absolute atomic E-state index is 0.156. The van der Waals surface area contributed by atoms with Gasteiger partial charge in [-0.25, -0.2) is 0 Å². The molecule has 0 fully saturated rings. The maximum absolute atomic E-state index is 11.2. The highest BCUT2D eigenvalue weighted by molar-refractivity contribution is 7.44. The van der Waals surface area contributed by atoms with E-state index in [-0.39, 0.29) is 17.1 Å². The molecule has 0 heterocycles. The molecule has 0 aliphatic rings. The Balaban J connectivity index is 2.65. The van der Waals surface area contributed by atoms with Crippen molar-refractivity contribution in [1.29, 1.82) is 0 Å². The molecular weight excluding hydrogens is 470 g/mol. The largest absolute Gasteiger partial charge is 0.780 e. The van der Waals surface area contributed by atoms with Crippen molar-refractivity contribution in [3.8, 4) is 23.0 Å².